The van der Waals surface area contributed by atoms with Gasteiger partial charge in [-0.3, -0.25) is 4.90 Å². The molecule has 3 aromatic carbocycles. The maximum Gasteiger partial charge on any atom is 0.169 e. The van der Waals surface area contributed by atoms with Gasteiger partial charge in [0.15, 0.2) is 23.3 Å². The highest BCUT2D eigenvalue weighted by molar-refractivity contribution is 5.91. The molecule has 4 heterocycles. The lowest BCUT2D eigenvalue weighted by molar-refractivity contribution is -0.0724. The van der Waals surface area contributed by atoms with E-state index in [1.165, 1.54) is 36.3 Å². The third-order valence-electron chi connectivity index (χ3n) is 8.88. The number of fused-ring (bicyclic) bond motifs is 2. The van der Waals surface area contributed by atoms with Crippen molar-refractivity contribution in [3.8, 4) is 0 Å². The number of benzene rings is 3. The van der Waals surface area contributed by atoms with Crippen LogP contribution in [0, 0.1) is 35.1 Å². The normalized spacial score (nSPS) is 22.1. The minimum absolute atomic E-state index is 0. The first-order valence-corrected chi connectivity index (χ1v) is 14.8. The molecule has 45 heavy (non-hydrogen) atoms. The molecule has 0 aliphatic carbocycles. The molecule has 0 radical (unpaired) electrons. The summed E-state index contributed by atoms with van der Waals surface area (Å²) >= 11 is 0. The number of piperidine rings is 1. The first-order valence-electron chi connectivity index (χ1n) is 14.8. The van der Waals surface area contributed by atoms with Gasteiger partial charge in [0.05, 0.1) is 28.9 Å². The van der Waals surface area contributed by atoms with E-state index in [1.54, 1.807) is 0 Å². The van der Waals surface area contributed by atoms with Crippen LogP contribution >= 0.6 is 12.4 Å². The van der Waals surface area contributed by atoms with Crippen molar-refractivity contribution < 1.29 is 31.5 Å². The predicted octanol–water partition coefficient (Wildman–Crippen LogP) is 8.20. The van der Waals surface area contributed by atoms with E-state index in [0.717, 1.165) is 31.3 Å². The monoisotopic (exact) mass is 642 g/mol. The number of nitrogens with zero attached hydrogens (tertiary/aromatic N) is 1. The van der Waals surface area contributed by atoms with Crippen molar-refractivity contribution >= 4 is 39.9 Å². The molecule has 1 fully saturated rings. The van der Waals surface area contributed by atoms with E-state index >= 15 is 0 Å². The summed E-state index contributed by atoms with van der Waals surface area (Å²) in [6.45, 7) is 7.67. The molecule has 3 unspecified atom stereocenters. The quantitative estimate of drug-likeness (QED) is 0.194. The fourth-order valence-corrected chi connectivity index (χ4v) is 6.44. The molecule has 238 valence electrons. The van der Waals surface area contributed by atoms with Gasteiger partial charge >= 0.3 is 0 Å². The average Bonchev–Trinajstić information content (AvgIpc) is 3.71. The molecular weight excluding hydrogens is 608 g/mol. The summed E-state index contributed by atoms with van der Waals surface area (Å²) in [7, 11) is 0. The second-order valence-electron chi connectivity index (χ2n) is 11.8. The largest absolute Gasteiger partial charge is 0.464 e. The first kappa shape index (κ1) is 32.8. The van der Waals surface area contributed by atoms with Crippen LogP contribution in [0.2, 0.25) is 0 Å². The van der Waals surface area contributed by atoms with Gasteiger partial charge in [0, 0.05) is 49.8 Å². The van der Waals surface area contributed by atoms with E-state index < -0.39 is 28.9 Å². The molecule has 5 nitrogen and oxygen atoms in total. The number of halogens is 5. The molecule has 2 aromatic heterocycles. The Bertz CT molecular complexity index is 1820. The summed E-state index contributed by atoms with van der Waals surface area (Å²) in [5.41, 5.74) is 2.62. The molecule has 2 aliphatic rings. The Balaban J connectivity index is 0.000000185. The Morgan fingerprint density at radius 2 is 1.56 bits per heavy atom. The highest BCUT2D eigenvalue weighted by Gasteiger charge is 2.43. The van der Waals surface area contributed by atoms with Gasteiger partial charge in [0.2, 0.25) is 0 Å². The van der Waals surface area contributed by atoms with Crippen LogP contribution in [0.5, 0.6) is 0 Å². The van der Waals surface area contributed by atoms with Gasteiger partial charge in [0.25, 0.3) is 0 Å². The third kappa shape index (κ3) is 6.27. The van der Waals surface area contributed by atoms with Crippen molar-refractivity contribution in [2.24, 2.45) is 11.8 Å². The zero-order valence-corrected chi connectivity index (χ0v) is 25.8. The Kier molecular flexibility index (Phi) is 9.74. The van der Waals surface area contributed by atoms with Crippen molar-refractivity contribution in [2.45, 2.75) is 32.4 Å². The van der Waals surface area contributed by atoms with Crippen molar-refractivity contribution in [1.29, 1.82) is 0 Å². The van der Waals surface area contributed by atoms with Gasteiger partial charge in [-0.25, -0.2) is 17.6 Å². The molecule has 0 amide bonds. The fraction of sp³-hybridized carbons (Fsp3) is 0.314. The molecule has 0 saturated carbocycles. The van der Waals surface area contributed by atoms with Crippen LogP contribution < -0.4 is 5.32 Å². The van der Waals surface area contributed by atoms with E-state index in [2.05, 4.69) is 22.3 Å². The van der Waals surface area contributed by atoms with E-state index in [4.69, 9.17) is 8.83 Å². The molecule has 2 aliphatic heterocycles. The van der Waals surface area contributed by atoms with Gasteiger partial charge in [-0.2, -0.15) is 0 Å². The minimum Gasteiger partial charge on any atom is -0.464 e. The summed E-state index contributed by atoms with van der Waals surface area (Å²) in [4.78, 5) is 2.27. The zero-order chi connectivity index (χ0) is 31.0. The SMILES string of the molecule is CC1CN(Cc2ccccc2)CCC1(O)c1cc(F)c(F)c2ccoc12.CC1CNCC=C1c1cc(F)c(F)c2ccoc12.Cl. The van der Waals surface area contributed by atoms with Crippen LogP contribution in [-0.4, -0.2) is 36.2 Å². The number of nitrogens with one attached hydrogen (secondary N) is 1. The van der Waals surface area contributed by atoms with Crippen molar-refractivity contribution in [3.63, 3.8) is 0 Å². The first-order chi connectivity index (χ1) is 21.2. The van der Waals surface area contributed by atoms with Crippen LogP contribution in [0.15, 0.2) is 82.0 Å². The van der Waals surface area contributed by atoms with Crippen LogP contribution in [0.4, 0.5) is 17.6 Å². The van der Waals surface area contributed by atoms with Gasteiger partial charge in [-0.05, 0) is 47.7 Å². The third-order valence-corrected chi connectivity index (χ3v) is 8.88. The number of aliphatic hydroxyl groups is 1. The molecule has 0 spiro atoms. The van der Waals surface area contributed by atoms with Crippen LogP contribution in [0.1, 0.15) is 37.0 Å². The highest BCUT2D eigenvalue weighted by atomic mass is 35.5. The second kappa shape index (κ2) is 13.4. The molecule has 1 saturated heterocycles. The zero-order valence-electron chi connectivity index (χ0n) is 25.0. The Morgan fingerprint density at radius 1 is 0.911 bits per heavy atom. The van der Waals surface area contributed by atoms with Gasteiger partial charge in [-0.1, -0.05) is 50.3 Å². The van der Waals surface area contributed by atoms with Gasteiger partial charge in [-0.15, -0.1) is 12.4 Å². The highest BCUT2D eigenvalue weighted by Crippen LogP contribution is 2.42. The predicted molar refractivity (Wildman–Crippen MR) is 169 cm³/mol. The lowest BCUT2D eigenvalue weighted by Crippen LogP contribution is -2.48. The maximum absolute atomic E-state index is 14.1. The number of furan rings is 2. The second-order valence-corrected chi connectivity index (χ2v) is 11.8. The summed E-state index contributed by atoms with van der Waals surface area (Å²) < 4.78 is 66.0. The Morgan fingerprint density at radius 3 is 2.22 bits per heavy atom. The van der Waals surface area contributed by atoms with Crippen LogP contribution in [0.25, 0.3) is 27.5 Å². The summed E-state index contributed by atoms with van der Waals surface area (Å²) in [5, 5.41) is 14.9. The molecular formula is C35H35ClF4N2O3. The van der Waals surface area contributed by atoms with E-state index in [-0.39, 0.29) is 40.6 Å². The molecule has 3 atom stereocenters. The number of likely N-dealkylation sites (tertiary alicyclic amines) is 1. The topological polar surface area (TPSA) is 61.8 Å². The molecule has 7 rings (SSSR count). The average molecular weight is 643 g/mol. The lowest BCUT2D eigenvalue weighted by atomic mass is 9.76. The molecule has 0 bridgehead atoms. The Labute approximate surface area is 264 Å². The molecule has 10 heteroatoms. The van der Waals surface area contributed by atoms with E-state index in [1.807, 2.05) is 38.1 Å². The van der Waals surface area contributed by atoms with Crippen molar-refractivity contribution in [2.75, 3.05) is 26.2 Å². The van der Waals surface area contributed by atoms with Gasteiger partial charge in [0.1, 0.15) is 11.2 Å². The summed E-state index contributed by atoms with van der Waals surface area (Å²) in [6.07, 6.45) is 5.16. The lowest BCUT2D eigenvalue weighted by Gasteiger charge is -2.43. The van der Waals surface area contributed by atoms with Crippen LogP contribution in [0.3, 0.4) is 0 Å². The smallest absolute Gasteiger partial charge is 0.169 e. The standard InChI is InChI=1S/C21H21F2NO2.C14H13F2NO.ClH/c1-14-12-24(13-15-5-3-2-4-6-15)9-8-21(14,25)17-11-18(22)19(23)16-7-10-26-20(16)17;1-8-7-17-4-2-9(8)11-6-12(15)13(16)10-3-5-18-14(10)11;/h2-7,10-11,14,25H,8-9,12-13H2,1H3;2-3,5-6,8,17H,4,7H2,1H3;1H. The van der Waals surface area contributed by atoms with Crippen molar-refractivity contribution in [3.05, 3.63) is 113 Å². The van der Waals surface area contributed by atoms with Gasteiger partial charge < -0.3 is 19.3 Å². The van der Waals surface area contributed by atoms with Crippen LogP contribution in [-0.2, 0) is 12.1 Å². The minimum atomic E-state index is -1.25. The molecule has 2 N–H and O–H groups in total. The molecule has 5 aromatic rings. The number of rotatable bonds is 4. The summed E-state index contributed by atoms with van der Waals surface area (Å²) in [5.74, 6) is -3.47. The fourth-order valence-electron chi connectivity index (χ4n) is 6.44. The van der Waals surface area contributed by atoms with E-state index in [9.17, 15) is 22.7 Å². The summed E-state index contributed by atoms with van der Waals surface area (Å²) in [6, 6.07) is 15.3. The Hall–Kier alpha value is -3.63. The van der Waals surface area contributed by atoms with Crippen molar-refractivity contribution in [1.82, 2.24) is 10.2 Å². The van der Waals surface area contributed by atoms with E-state index in [0.29, 0.717) is 36.2 Å². The number of hydrogen-bond acceptors (Lipinski definition) is 5. The number of hydrogen-bond donors (Lipinski definition) is 2. The maximum atomic E-state index is 14.1.